The molecule has 3 rings (SSSR count). The molecule has 0 N–H and O–H groups in total. The molecule has 9 heteroatoms. The van der Waals surface area contributed by atoms with E-state index in [0.717, 1.165) is 11.3 Å². The summed E-state index contributed by atoms with van der Waals surface area (Å²) >= 11 is 6.03. The summed E-state index contributed by atoms with van der Waals surface area (Å²) in [6.45, 7) is 0.919. The number of carbonyl (C=O) groups is 1. The molecular weight excluding hydrogens is 440 g/mol. The Bertz CT molecular complexity index is 1030. The predicted octanol–water partition coefficient (Wildman–Crippen LogP) is 3.42. The summed E-state index contributed by atoms with van der Waals surface area (Å²) in [4.78, 5) is 14.7. The van der Waals surface area contributed by atoms with Crippen LogP contribution in [0.4, 0.5) is 0 Å². The highest BCUT2D eigenvalue weighted by Gasteiger charge is 2.35. The zero-order valence-electron chi connectivity index (χ0n) is 17.9. The van der Waals surface area contributed by atoms with E-state index in [2.05, 4.69) is 0 Å². The molecule has 31 heavy (non-hydrogen) atoms. The van der Waals surface area contributed by atoms with E-state index < -0.39 is 15.9 Å². The van der Waals surface area contributed by atoms with Crippen LogP contribution >= 0.6 is 11.6 Å². The minimum absolute atomic E-state index is 0.0159. The van der Waals surface area contributed by atoms with Gasteiger partial charge in [-0.15, -0.1) is 0 Å². The van der Waals surface area contributed by atoms with E-state index in [1.54, 1.807) is 25.1 Å². The van der Waals surface area contributed by atoms with E-state index in [-0.39, 0.29) is 23.1 Å². The quantitative estimate of drug-likeness (QED) is 0.625. The fourth-order valence-corrected chi connectivity index (χ4v) is 5.69. The van der Waals surface area contributed by atoms with Crippen molar-refractivity contribution >= 4 is 27.5 Å². The fourth-order valence-electron chi connectivity index (χ4n) is 3.75. The van der Waals surface area contributed by atoms with E-state index in [1.807, 2.05) is 24.3 Å². The van der Waals surface area contributed by atoms with Crippen LogP contribution in [0, 0.1) is 5.92 Å². The SMILES string of the molecule is COc1ccc(CN(C)C(=O)[C@@H]2CCCN(S(=O)(=O)c3cc(Cl)ccc3OC)C2)cc1. The lowest BCUT2D eigenvalue weighted by Gasteiger charge is -2.33. The summed E-state index contributed by atoms with van der Waals surface area (Å²) in [5, 5.41) is 0.309. The van der Waals surface area contributed by atoms with Gasteiger partial charge in [0.25, 0.3) is 0 Å². The van der Waals surface area contributed by atoms with Gasteiger partial charge < -0.3 is 14.4 Å². The molecule has 0 aliphatic carbocycles. The van der Waals surface area contributed by atoms with Gasteiger partial charge in [-0.3, -0.25) is 4.79 Å². The summed E-state index contributed by atoms with van der Waals surface area (Å²) < 4.78 is 38.3. The van der Waals surface area contributed by atoms with Gasteiger partial charge >= 0.3 is 0 Å². The van der Waals surface area contributed by atoms with Crippen LogP contribution in [0.3, 0.4) is 0 Å². The lowest BCUT2D eigenvalue weighted by Crippen LogP contribution is -2.45. The summed E-state index contributed by atoms with van der Waals surface area (Å²) in [5.74, 6) is 0.502. The molecule has 1 aliphatic heterocycles. The monoisotopic (exact) mass is 466 g/mol. The molecule has 7 nitrogen and oxygen atoms in total. The summed E-state index contributed by atoms with van der Waals surface area (Å²) in [5.41, 5.74) is 0.973. The smallest absolute Gasteiger partial charge is 0.246 e. The molecule has 0 saturated carbocycles. The number of ether oxygens (including phenoxy) is 2. The Morgan fingerprint density at radius 1 is 1.16 bits per heavy atom. The van der Waals surface area contributed by atoms with Crippen molar-refractivity contribution in [2.75, 3.05) is 34.4 Å². The molecule has 1 heterocycles. The second kappa shape index (κ2) is 9.89. The van der Waals surface area contributed by atoms with Crippen molar-refractivity contribution in [2.24, 2.45) is 5.92 Å². The highest BCUT2D eigenvalue weighted by molar-refractivity contribution is 7.89. The van der Waals surface area contributed by atoms with E-state index in [1.165, 1.54) is 23.5 Å². The van der Waals surface area contributed by atoms with Crippen molar-refractivity contribution in [3.05, 3.63) is 53.1 Å². The Kier molecular flexibility index (Phi) is 7.46. The first-order chi connectivity index (χ1) is 14.8. The lowest BCUT2D eigenvalue weighted by atomic mass is 9.98. The fraction of sp³-hybridized carbons (Fsp3) is 0.409. The van der Waals surface area contributed by atoms with Crippen LogP contribution in [0.15, 0.2) is 47.4 Å². The van der Waals surface area contributed by atoms with Crippen LogP contribution in [0.25, 0.3) is 0 Å². The molecule has 0 aromatic heterocycles. The maximum Gasteiger partial charge on any atom is 0.246 e. The molecule has 168 valence electrons. The number of rotatable bonds is 7. The first-order valence-corrected chi connectivity index (χ1v) is 11.8. The zero-order chi connectivity index (χ0) is 22.6. The van der Waals surface area contributed by atoms with E-state index >= 15 is 0 Å². The Hall–Kier alpha value is -2.29. The van der Waals surface area contributed by atoms with Gasteiger partial charge in [-0.25, -0.2) is 8.42 Å². The molecule has 0 bridgehead atoms. The summed E-state index contributed by atoms with van der Waals surface area (Å²) in [6, 6.07) is 12.0. The maximum absolute atomic E-state index is 13.3. The number of methoxy groups -OCH3 is 2. The number of halogens is 1. The first-order valence-electron chi connectivity index (χ1n) is 9.98. The Labute approximate surface area is 188 Å². The third kappa shape index (κ3) is 5.31. The zero-order valence-corrected chi connectivity index (χ0v) is 19.4. The molecular formula is C22H27ClN2O5S. The van der Waals surface area contributed by atoms with Crippen molar-refractivity contribution < 1.29 is 22.7 Å². The van der Waals surface area contributed by atoms with E-state index in [4.69, 9.17) is 21.1 Å². The third-order valence-electron chi connectivity index (χ3n) is 5.43. The average molecular weight is 467 g/mol. The average Bonchev–Trinajstić information content (AvgIpc) is 2.79. The Morgan fingerprint density at radius 3 is 2.52 bits per heavy atom. The van der Waals surface area contributed by atoms with Gasteiger partial charge in [0.15, 0.2) is 0 Å². The number of piperidine rings is 1. The number of carbonyl (C=O) groups excluding carboxylic acids is 1. The van der Waals surface area contributed by atoms with Crippen molar-refractivity contribution in [2.45, 2.75) is 24.3 Å². The van der Waals surface area contributed by atoms with Crippen molar-refractivity contribution in [1.29, 1.82) is 0 Å². The molecule has 1 amide bonds. The molecule has 0 unspecified atom stereocenters. The van der Waals surface area contributed by atoms with Crippen LogP contribution < -0.4 is 9.47 Å². The molecule has 1 aliphatic rings. The van der Waals surface area contributed by atoms with Crippen molar-refractivity contribution in [1.82, 2.24) is 9.21 Å². The normalized spacial score (nSPS) is 17.2. The molecule has 1 fully saturated rings. The number of hydrogen-bond acceptors (Lipinski definition) is 5. The maximum atomic E-state index is 13.3. The Morgan fingerprint density at radius 2 is 1.87 bits per heavy atom. The second-order valence-corrected chi connectivity index (χ2v) is 9.88. The van der Waals surface area contributed by atoms with Gasteiger partial charge in [0.1, 0.15) is 16.4 Å². The molecule has 0 spiro atoms. The minimum atomic E-state index is -3.85. The third-order valence-corrected chi connectivity index (χ3v) is 7.55. The van der Waals surface area contributed by atoms with Crippen LogP contribution in [0.2, 0.25) is 5.02 Å². The van der Waals surface area contributed by atoms with Gasteiger partial charge in [0.05, 0.1) is 20.1 Å². The molecule has 1 atom stereocenters. The van der Waals surface area contributed by atoms with Gasteiger partial charge in [0.2, 0.25) is 15.9 Å². The number of nitrogens with zero attached hydrogens (tertiary/aromatic N) is 2. The second-order valence-electron chi connectivity index (χ2n) is 7.54. The van der Waals surface area contributed by atoms with E-state index in [0.29, 0.717) is 31.0 Å². The number of amides is 1. The molecule has 1 saturated heterocycles. The Balaban J connectivity index is 1.73. The van der Waals surface area contributed by atoms with Gasteiger partial charge in [-0.1, -0.05) is 23.7 Å². The predicted molar refractivity (Wildman–Crippen MR) is 119 cm³/mol. The van der Waals surface area contributed by atoms with Crippen LogP contribution in [0.1, 0.15) is 18.4 Å². The van der Waals surface area contributed by atoms with Crippen LogP contribution in [-0.4, -0.2) is 57.9 Å². The van der Waals surface area contributed by atoms with Gasteiger partial charge in [-0.2, -0.15) is 4.31 Å². The minimum Gasteiger partial charge on any atom is -0.497 e. The highest BCUT2D eigenvalue weighted by Crippen LogP contribution is 2.32. The van der Waals surface area contributed by atoms with Gasteiger partial charge in [0, 0.05) is 31.7 Å². The van der Waals surface area contributed by atoms with Crippen molar-refractivity contribution in [3.63, 3.8) is 0 Å². The van der Waals surface area contributed by atoms with Crippen molar-refractivity contribution in [3.8, 4) is 11.5 Å². The van der Waals surface area contributed by atoms with Crippen LogP contribution in [-0.2, 0) is 21.4 Å². The number of sulfonamides is 1. The van der Waals surface area contributed by atoms with Gasteiger partial charge in [-0.05, 0) is 48.7 Å². The number of benzene rings is 2. The highest BCUT2D eigenvalue weighted by atomic mass is 35.5. The van der Waals surface area contributed by atoms with Crippen LogP contribution in [0.5, 0.6) is 11.5 Å². The largest absolute Gasteiger partial charge is 0.497 e. The summed E-state index contributed by atoms with van der Waals surface area (Å²) in [7, 11) is 0.909. The molecule has 0 radical (unpaired) electrons. The molecule has 2 aromatic carbocycles. The lowest BCUT2D eigenvalue weighted by molar-refractivity contribution is -0.135. The standard InChI is InChI=1S/C22H27ClN2O5S/c1-24(14-16-6-9-19(29-2)10-7-16)22(26)17-5-4-12-25(15-17)31(27,28)21-13-18(23)8-11-20(21)30-3/h6-11,13,17H,4-5,12,14-15H2,1-3H3/t17-/m1/s1. The summed E-state index contributed by atoms with van der Waals surface area (Å²) in [6.07, 6.45) is 1.25. The first kappa shape index (κ1) is 23.4. The van der Waals surface area contributed by atoms with E-state index in [9.17, 15) is 13.2 Å². The number of hydrogen-bond donors (Lipinski definition) is 0. The molecule has 2 aromatic rings. The topological polar surface area (TPSA) is 76.2 Å².